The number of carboxylic acid groups (broad SMARTS) is 1. The van der Waals surface area contributed by atoms with Gasteiger partial charge in [-0.15, -0.1) is 11.3 Å². The van der Waals surface area contributed by atoms with Crippen molar-refractivity contribution in [2.75, 3.05) is 0 Å². The zero-order valence-corrected chi connectivity index (χ0v) is 15.0. The molecule has 0 spiro atoms. The van der Waals surface area contributed by atoms with Gasteiger partial charge < -0.3 is 5.11 Å². The van der Waals surface area contributed by atoms with Crippen molar-refractivity contribution >= 4 is 50.8 Å². The van der Waals surface area contributed by atoms with Gasteiger partial charge in [0.1, 0.15) is 4.88 Å². The van der Waals surface area contributed by atoms with Crippen LogP contribution < -0.4 is 10.9 Å². The normalized spacial score (nSPS) is 26.2. The Kier molecular flexibility index (Phi) is 4.20. The molecule has 0 aliphatic heterocycles. The molecular weight excluding hydrogens is 376 g/mol. The lowest BCUT2D eigenvalue weighted by Gasteiger charge is -2.23. The molecule has 6 nitrogen and oxygen atoms in total. The molecule has 2 bridgehead atoms. The number of halogens is 1. The van der Waals surface area contributed by atoms with Crippen LogP contribution in [0.25, 0.3) is 10.1 Å². The number of hydrogen-bond acceptors (Lipinski definition) is 4. The SMILES string of the molecule is O=C(NNC(=O)[C@@H]1[C@H](C(=O)O)[C@H]2C=C[C@H]1C2)c1sc2ccccc2c1Cl. The fraction of sp³-hybridized carbons (Fsp3) is 0.278. The number of hydrogen-bond donors (Lipinski definition) is 3. The molecule has 1 heterocycles. The van der Waals surface area contributed by atoms with Crippen molar-refractivity contribution in [1.82, 2.24) is 10.9 Å². The van der Waals surface area contributed by atoms with Crippen LogP contribution >= 0.6 is 22.9 Å². The molecule has 4 atom stereocenters. The summed E-state index contributed by atoms with van der Waals surface area (Å²) in [6, 6.07) is 7.37. The molecule has 134 valence electrons. The number of carboxylic acids is 1. The highest BCUT2D eigenvalue weighted by atomic mass is 35.5. The van der Waals surface area contributed by atoms with Gasteiger partial charge in [-0.1, -0.05) is 42.0 Å². The van der Waals surface area contributed by atoms with Crippen LogP contribution in [0.5, 0.6) is 0 Å². The monoisotopic (exact) mass is 390 g/mol. The van der Waals surface area contributed by atoms with E-state index in [0.717, 1.165) is 10.1 Å². The smallest absolute Gasteiger partial charge is 0.307 e. The quantitative estimate of drug-likeness (QED) is 0.554. The third kappa shape index (κ3) is 2.68. The van der Waals surface area contributed by atoms with Crippen LogP contribution in [0.4, 0.5) is 0 Å². The van der Waals surface area contributed by atoms with Crippen LogP contribution in [0.1, 0.15) is 16.1 Å². The van der Waals surface area contributed by atoms with Gasteiger partial charge in [-0.05, 0) is 24.3 Å². The summed E-state index contributed by atoms with van der Waals surface area (Å²) < 4.78 is 0.873. The van der Waals surface area contributed by atoms with Crippen LogP contribution in [-0.4, -0.2) is 22.9 Å². The van der Waals surface area contributed by atoms with Crippen molar-refractivity contribution < 1.29 is 19.5 Å². The van der Waals surface area contributed by atoms with Gasteiger partial charge in [0.2, 0.25) is 5.91 Å². The van der Waals surface area contributed by atoms with E-state index in [-0.39, 0.29) is 11.8 Å². The van der Waals surface area contributed by atoms with E-state index in [1.807, 2.05) is 36.4 Å². The molecule has 1 saturated carbocycles. The maximum absolute atomic E-state index is 12.5. The van der Waals surface area contributed by atoms with Gasteiger partial charge in [0.15, 0.2) is 0 Å². The second-order valence-corrected chi connectivity index (χ2v) is 7.95. The first kappa shape index (κ1) is 17.1. The Morgan fingerprint density at radius 2 is 1.77 bits per heavy atom. The van der Waals surface area contributed by atoms with Gasteiger partial charge in [-0.2, -0.15) is 0 Å². The Labute approximate surface area is 157 Å². The highest BCUT2D eigenvalue weighted by Gasteiger charge is 2.51. The second-order valence-electron chi connectivity index (χ2n) is 6.52. The lowest BCUT2D eigenvalue weighted by atomic mass is 9.82. The third-order valence-electron chi connectivity index (χ3n) is 5.09. The van der Waals surface area contributed by atoms with Gasteiger partial charge in [-0.3, -0.25) is 25.2 Å². The van der Waals surface area contributed by atoms with E-state index in [4.69, 9.17) is 11.6 Å². The summed E-state index contributed by atoms with van der Waals surface area (Å²) in [5.41, 5.74) is 4.74. The summed E-state index contributed by atoms with van der Waals surface area (Å²) in [5, 5.41) is 10.5. The summed E-state index contributed by atoms with van der Waals surface area (Å²) >= 11 is 7.49. The summed E-state index contributed by atoms with van der Waals surface area (Å²) in [4.78, 5) is 36.7. The molecule has 2 aliphatic carbocycles. The van der Waals surface area contributed by atoms with Crippen LogP contribution in [-0.2, 0) is 9.59 Å². The van der Waals surface area contributed by atoms with Gasteiger partial charge in [0, 0.05) is 10.1 Å². The molecule has 1 aromatic carbocycles. The van der Waals surface area contributed by atoms with E-state index >= 15 is 0 Å². The Morgan fingerprint density at radius 3 is 2.46 bits per heavy atom. The fourth-order valence-electron chi connectivity index (χ4n) is 3.93. The molecule has 2 aromatic rings. The van der Waals surface area contributed by atoms with Crippen molar-refractivity contribution in [2.24, 2.45) is 23.7 Å². The third-order valence-corrected chi connectivity index (χ3v) is 6.76. The van der Waals surface area contributed by atoms with E-state index in [2.05, 4.69) is 10.9 Å². The maximum Gasteiger partial charge on any atom is 0.307 e. The van der Waals surface area contributed by atoms with E-state index < -0.39 is 29.6 Å². The molecule has 0 unspecified atom stereocenters. The number of allylic oxidation sites excluding steroid dienone is 2. The molecule has 2 aliphatic rings. The average Bonchev–Trinajstić information content (AvgIpc) is 3.32. The average molecular weight is 391 g/mol. The molecule has 2 amide bonds. The van der Waals surface area contributed by atoms with Crippen molar-refractivity contribution in [3.63, 3.8) is 0 Å². The molecule has 8 heteroatoms. The lowest BCUT2D eigenvalue weighted by Crippen LogP contribution is -2.48. The number of benzene rings is 1. The maximum atomic E-state index is 12.5. The van der Waals surface area contributed by atoms with Crippen molar-refractivity contribution in [1.29, 1.82) is 0 Å². The number of carbonyl (C=O) groups excluding carboxylic acids is 2. The first-order chi connectivity index (χ1) is 12.5. The molecule has 1 aromatic heterocycles. The highest BCUT2D eigenvalue weighted by Crippen LogP contribution is 2.48. The minimum absolute atomic E-state index is 0.106. The predicted octanol–water partition coefficient (Wildman–Crippen LogP) is 2.84. The molecular formula is C18H15ClN2O4S. The Bertz CT molecular complexity index is 954. The Hall–Kier alpha value is -2.38. The fourth-order valence-corrected chi connectivity index (χ4v) is 5.35. The largest absolute Gasteiger partial charge is 0.481 e. The number of aliphatic carboxylic acids is 1. The predicted molar refractivity (Wildman–Crippen MR) is 97.8 cm³/mol. The molecule has 0 radical (unpaired) electrons. The number of carbonyl (C=O) groups is 3. The second kappa shape index (κ2) is 6.41. The van der Waals surface area contributed by atoms with Crippen LogP contribution in [0, 0.1) is 23.7 Å². The Morgan fingerprint density at radius 1 is 1.08 bits per heavy atom. The summed E-state index contributed by atoms with van der Waals surface area (Å²) in [5.74, 6) is -3.65. The van der Waals surface area contributed by atoms with Crippen molar-refractivity contribution in [3.05, 3.63) is 46.3 Å². The number of rotatable bonds is 3. The molecule has 0 saturated heterocycles. The standard InChI is InChI=1S/C18H15ClN2O4S/c19-14-10-3-1-2-4-11(10)26-15(14)17(23)21-20-16(22)12-8-5-6-9(7-8)13(12)18(24)25/h1-6,8-9,12-13H,7H2,(H,20,22)(H,21,23)(H,24,25)/t8-,9-,12-,13+/m0/s1. The van der Waals surface area contributed by atoms with Crippen molar-refractivity contribution in [3.8, 4) is 0 Å². The Balaban J connectivity index is 1.47. The van der Waals surface area contributed by atoms with Gasteiger partial charge in [-0.25, -0.2) is 0 Å². The number of nitrogens with one attached hydrogen (secondary N) is 2. The van der Waals surface area contributed by atoms with Gasteiger partial charge >= 0.3 is 5.97 Å². The molecule has 26 heavy (non-hydrogen) atoms. The molecule has 1 fully saturated rings. The summed E-state index contributed by atoms with van der Waals surface area (Å²) in [7, 11) is 0. The highest BCUT2D eigenvalue weighted by molar-refractivity contribution is 7.21. The van der Waals surface area contributed by atoms with E-state index in [0.29, 0.717) is 16.3 Å². The zero-order valence-electron chi connectivity index (χ0n) is 13.4. The minimum Gasteiger partial charge on any atom is -0.481 e. The van der Waals surface area contributed by atoms with E-state index in [9.17, 15) is 19.5 Å². The zero-order chi connectivity index (χ0) is 18.4. The van der Waals surface area contributed by atoms with Crippen molar-refractivity contribution in [2.45, 2.75) is 6.42 Å². The summed E-state index contributed by atoms with van der Waals surface area (Å²) in [6.45, 7) is 0. The minimum atomic E-state index is -0.985. The molecule has 4 rings (SSSR count). The van der Waals surface area contributed by atoms with Gasteiger partial charge in [0.05, 0.1) is 16.9 Å². The van der Waals surface area contributed by atoms with E-state index in [1.54, 1.807) is 0 Å². The van der Waals surface area contributed by atoms with Crippen LogP contribution in [0.2, 0.25) is 5.02 Å². The lowest BCUT2D eigenvalue weighted by molar-refractivity contribution is -0.148. The first-order valence-corrected chi connectivity index (χ1v) is 9.35. The number of amides is 2. The van der Waals surface area contributed by atoms with Crippen LogP contribution in [0.3, 0.4) is 0 Å². The first-order valence-electron chi connectivity index (χ1n) is 8.15. The summed E-state index contributed by atoms with van der Waals surface area (Å²) in [6.07, 6.45) is 4.41. The topological polar surface area (TPSA) is 95.5 Å². The van der Waals surface area contributed by atoms with Crippen LogP contribution in [0.15, 0.2) is 36.4 Å². The molecule has 3 N–H and O–H groups in total. The number of hydrazine groups is 1. The van der Waals surface area contributed by atoms with E-state index in [1.165, 1.54) is 11.3 Å². The number of fused-ring (bicyclic) bond motifs is 3. The van der Waals surface area contributed by atoms with Gasteiger partial charge in [0.25, 0.3) is 5.91 Å². The number of thiophene rings is 1.